The van der Waals surface area contributed by atoms with Gasteiger partial charge in [0.1, 0.15) is 5.75 Å². The van der Waals surface area contributed by atoms with Gasteiger partial charge in [-0.2, -0.15) is 0 Å². The minimum absolute atomic E-state index is 0.151. The quantitative estimate of drug-likeness (QED) is 0.609. The molecule has 0 spiro atoms. The zero-order valence-electron chi connectivity index (χ0n) is 15.1. The zero-order chi connectivity index (χ0) is 18.4. The minimum Gasteiger partial charge on any atom is -0.497 e. The van der Waals surface area contributed by atoms with E-state index in [9.17, 15) is 10.1 Å². The minimum atomic E-state index is -0.346. The van der Waals surface area contributed by atoms with Gasteiger partial charge in [0, 0.05) is 31.3 Å². The van der Waals surface area contributed by atoms with Crippen molar-refractivity contribution in [2.75, 3.05) is 20.2 Å². The fourth-order valence-electron chi connectivity index (χ4n) is 3.33. The summed E-state index contributed by atoms with van der Waals surface area (Å²) in [5.74, 6) is 0.887. The van der Waals surface area contributed by atoms with Crippen molar-refractivity contribution < 1.29 is 9.66 Å². The fourth-order valence-corrected chi connectivity index (χ4v) is 3.33. The summed E-state index contributed by atoms with van der Waals surface area (Å²) < 4.78 is 5.20. The van der Waals surface area contributed by atoms with Crippen LogP contribution in [0.5, 0.6) is 5.75 Å². The summed E-state index contributed by atoms with van der Waals surface area (Å²) in [6.45, 7) is 3.74. The van der Waals surface area contributed by atoms with Gasteiger partial charge < -0.3 is 10.1 Å². The molecule has 0 atom stereocenters. The highest BCUT2D eigenvalue weighted by molar-refractivity contribution is 5.34. The number of rotatable bonds is 7. The maximum absolute atomic E-state index is 10.9. The van der Waals surface area contributed by atoms with Crippen LogP contribution in [0.1, 0.15) is 24.0 Å². The zero-order valence-corrected chi connectivity index (χ0v) is 15.1. The van der Waals surface area contributed by atoms with E-state index >= 15 is 0 Å². The molecule has 2 aromatic rings. The molecule has 1 fully saturated rings. The van der Waals surface area contributed by atoms with Crippen LogP contribution in [0.3, 0.4) is 0 Å². The number of hydrogen-bond acceptors (Lipinski definition) is 5. The summed E-state index contributed by atoms with van der Waals surface area (Å²) in [6.07, 6.45) is 2.18. The van der Waals surface area contributed by atoms with Gasteiger partial charge in [-0.1, -0.05) is 24.3 Å². The van der Waals surface area contributed by atoms with Gasteiger partial charge >= 0.3 is 0 Å². The third-order valence-electron chi connectivity index (χ3n) is 4.87. The van der Waals surface area contributed by atoms with Gasteiger partial charge in [-0.15, -0.1) is 0 Å². The van der Waals surface area contributed by atoms with E-state index in [1.54, 1.807) is 19.2 Å². The fraction of sp³-hybridized carbons (Fsp3) is 0.400. The van der Waals surface area contributed by atoms with Crippen molar-refractivity contribution in [3.05, 3.63) is 69.8 Å². The second kappa shape index (κ2) is 8.78. The molecule has 138 valence electrons. The van der Waals surface area contributed by atoms with Crippen LogP contribution < -0.4 is 10.1 Å². The second-order valence-corrected chi connectivity index (χ2v) is 6.71. The van der Waals surface area contributed by atoms with Crippen molar-refractivity contribution in [1.29, 1.82) is 0 Å². The van der Waals surface area contributed by atoms with E-state index in [4.69, 9.17) is 4.74 Å². The van der Waals surface area contributed by atoms with Gasteiger partial charge in [0.05, 0.1) is 12.0 Å². The predicted molar refractivity (Wildman–Crippen MR) is 101 cm³/mol. The third kappa shape index (κ3) is 5.03. The lowest BCUT2D eigenvalue weighted by Gasteiger charge is -2.32. The first kappa shape index (κ1) is 18.4. The molecule has 1 aliphatic heterocycles. The molecule has 0 bridgehead atoms. The first-order valence-corrected chi connectivity index (χ1v) is 8.96. The lowest BCUT2D eigenvalue weighted by Crippen LogP contribution is -2.41. The molecule has 1 aliphatic rings. The number of non-ortho nitro benzene ring substituents is 1. The number of piperidine rings is 1. The van der Waals surface area contributed by atoms with Crippen molar-refractivity contribution >= 4 is 5.69 Å². The summed E-state index contributed by atoms with van der Waals surface area (Å²) in [7, 11) is 1.68. The monoisotopic (exact) mass is 355 g/mol. The van der Waals surface area contributed by atoms with Crippen LogP contribution in [-0.2, 0) is 13.1 Å². The third-order valence-corrected chi connectivity index (χ3v) is 4.87. The van der Waals surface area contributed by atoms with Gasteiger partial charge in [-0.05, 0) is 49.2 Å². The second-order valence-electron chi connectivity index (χ2n) is 6.71. The number of nitro groups is 1. The number of nitrogens with one attached hydrogen (secondary N) is 1. The number of methoxy groups -OCH3 is 1. The van der Waals surface area contributed by atoms with Crippen molar-refractivity contribution in [2.45, 2.75) is 32.0 Å². The average molecular weight is 355 g/mol. The molecule has 0 unspecified atom stereocenters. The highest BCUT2D eigenvalue weighted by Gasteiger charge is 2.19. The van der Waals surface area contributed by atoms with Crippen LogP contribution in [0, 0.1) is 10.1 Å². The first-order chi connectivity index (χ1) is 12.6. The Labute approximate surface area is 153 Å². The van der Waals surface area contributed by atoms with Crippen molar-refractivity contribution in [3.8, 4) is 5.75 Å². The normalized spacial score (nSPS) is 15.7. The summed E-state index contributed by atoms with van der Waals surface area (Å²) in [4.78, 5) is 13.0. The number of hydrogen-bond donors (Lipinski definition) is 1. The SMILES string of the molecule is COc1ccc(CN2CCC(NCc3cccc([N+](=O)[O-])c3)CC2)cc1. The molecule has 0 aliphatic carbocycles. The number of benzene rings is 2. The molecule has 0 amide bonds. The van der Waals surface area contributed by atoms with Crippen LogP contribution in [0.2, 0.25) is 0 Å². The number of likely N-dealkylation sites (tertiary alicyclic amines) is 1. The summed E-state index contributed by atoms with van der Waals surface area (Å²) in [5.41, 5.74) is 2.41. The molecule has 2 aromatic carbocycles. The van der Waals surface area contributed by atoms with Crippen LogP contribution in [0.25, 0.3) is 0 Å². The number of nitro benzene ring substituents is 1. The lowest BCUT2D eigenvalue weighted by molar-refractivity contribution is -0.384. The summed E-state index contributed by atoms with van der Waals surface area (Å²) in [6, 6.07) is 15.5. The maximum Gasteiger partial charge on any atom is 0.269 e. The molecule has 1 N–H and O–H groups in total. The molecular weight excluding hydrogens is 330 g/mol. The van der Waals surface area contributed by atoms with Crippen LogP contribution in [0.4, 0.5) is 5.69 Å². The Balaban J connectivity index is 1.43. The number of ether oxygens (including phenoxy) is 1. The lowest BCUT2D eigenvalue weighted by atomic mass is 10.0. The Bertz CT molecular complexity index is 725. The molecule has 1 heterocycles. The van der Waals surface area contributed by atoms with Crippen LogP contribution in [-0.4, -0.2) is 36.1 Å². The Morgan fingerprint density at radius 2 is 1.88 bits per heavy atom. The molecular formula is C20H25N3O3. The smallest absolute Gasteiger partial charge is 0.269 e. The molecule has 3 rings (SSSR count). The van der Waals surface area contributed by atoms with Crippen molar-refractivity contribution in [3.63, 3.8) is 0 Å². The Hall–Kier alpha value is -2.44. The standard InChI is InChI=1S/C20H25N3O3/c1-26-20-7-5-16(6-8-20)15-22-11-9-18(10-12-22)21-14-17-3-2-4-19(13-17)23(24)25/h2-8,13,18,21H,9-12,14-15H2,1H3. The highest BCUT2D eigenvalue weighted by Crippen LogP contribution is 2.18. The topological polar surface area (TPSA) is 67.6 Å². The molecule has 26 heavy (non-hydrogen) atoms. The maximum atomic E-state index is 10.9. The molecule has 1 saturated heterocycles. The van der Waals surface area contributed by atoms with Crippen LogP contribution in [0.15, 0.2) is 48.5 Å². The van der Waals surface area contributed by atoms with E-state index in [1.165, 1.54) is 11.6 Å². The van der Waals surface area contributed by atoms with Gasteiger partial charge in [0.25, 0.3) is 5.69 Å². The van der Waals surface area contributed by atoms with Crippen molar-refractivity contribution in [2.24, 2.45) is 0 Å². The van der Waals surface area contributed by atoms with E-state index in [-0.39, 0.29) is 10.6 Å². The van der Waals surface area contributed by atoms with Gasteiger partial charge in [0.2, 0.25) is 0 Å². The Kier molecular flexibility index (Phi) is 6.20. The molecule has 6 heteroatoms. The summed E-state index contributed by atoms with van der Waals surface area (Å²) >= 11 is 0. The molecule has 0 saturated carbocycles. The van der Waals surface area contributed by atoms with E-state index in [2.05, 4.69) is 22.3 Å². The van der Waals surface area contributed by atoms with Gasteiger partial charge in [-0.3, -0.25) is 15.0 Å². The average Bonchev–Trinajstić information content (AvgIpc) is 2.68. The van der Waals surface area contributed by atoms with Gasteiger partial charge in [-0.25, -0.2) is 0 Å². The predicted octanol–water partition coefficient (Wildman–Crippen LogP) is 3.36. The largest absolute Gasteiger partial charge is 0.497 e. The van der Waals surface area contributed by atoms with E-state index in [1.807, 2.05) is 18.2 Å². The molecule has 6 nitrogen and oxygen atoms in total. The Morgan fingerprint density at radius 1 is 1.15 bits per heavy atom. The van der Waals surface area contributed by atoms with Crippen LogP contribution >= 0.6 is 0 Å². The molecule has 0 aromatic heterocycles. The highest BCUT2D eigenvalue weighted by atomic mass is 16.6. The van der Waals surface area contributed by atoms with E-state index < -0.39 is 0 Å². The molecule has 0 radical (unpaired) electrons. The van der Waals surface area contributed by atoms with Crippen molar-refractivity contribution in [1.82, 2.24) is 10.2 Å². The number of nitrogens with zero attached hydrogens (tertiary/aromatic N) is 2. The van der Waals surface area contributed by atoms with E-state index in [0.717, 1.165) is 43.8 Å². The van der Waals surface area contributed by atoms with E-state index in [0.29, 0.717) is 12.6 Å². The Morgan fingerprint density at radius 3 is 2.54 bits per heavy atom. The summed E-state index contributed by atoms with van der Waals surface area (Å²) in [5, 5.41) is 14.4. The first-order valence-electron chi connectivity index (χ1n) is 8.96. The van der Waals surface area contributed by atoms with Gasteiger partial charge in [0.15, 0.2) is 0 Å².